The van der Waals surface area contributed by atoms with Crippen LogP contribution in [0.2, 0.25) is 0 Å². The number of amides is 1. The minimum atomic E-state index is 0.0431. The highest BCUT2D eigenvalue weighted by Crippen LogP contribution is 2.01. The van der Waals surface area contributed by atoms with Gasteiger partial charge in [0.2, 0.25) is 5.91 Å². The molecule has 1 aliphatic heterocycles. The number of aliphatic hydroxyl groups is 1. The van der Waals surface area contributed by atoms with Gasteiger partial charge < -0.3 is 15.3 Å². The largest absolute Gasteiger partial charge is 0.396 e. The van der Waals surface area contributed by atoms with Crippen LogP contribution >= 0.6 is 0 Å². The van der Waals surface area contributed by atoms with Crippen molar-refractivity contribution in [1.82, 2.24) is 15.1 Å². The van der Waals surface area contributed by atoms with Gasteiger partial charge in [-0.05, 0) is 6.42 Å². The molecule has 16 heavy (non-hydrogen) atoms. The van der Waals surface area contributed by atoms with Gasteiger partial charge in [-0.15, -0.1) is 0 Å². The van der Waals surface area contributed by atoms with Crippen molar-refractivity contribution in [2.45, 2.75) is 13.3 Å². The van der Waals surface area contributed by atoms with Crippen LogP contribution in [-0.4, -0.2) is 73.2 Å². The van der Waals surface area contributed by atoms with Crippen LogP contribution in [0.1, 0.15) is 13.3 Å². The van der Waals surface area contributed by atoms with E-state index in [4.69, 9.17) is 5.11 Å². The molecule has 2 N–H and O–H groups in total. The number of hydrogen-bond donors (Lipinski definition) is 2. The summed E-state index contributed by atoms with van der Waals surface area (Å²) in [7, 11) is 0. The smallest absolute Gasteiger partial charge is 0.216 e. The predicted molar refractivity (Wildman–Crippen MR) is 63.3 cm³/mol. The van der Waals surface area contributed by atoms with Crippen molar-refractivity contribution >= 4 is 5.91 Å². The van der Waals surface area contributed by atoms with Crippen LogP contribution in [0, 0.1) is 0 Å². The average Bonchev–Trinajstić information content (AvgIpc) is 2.27. The number of hydrogen-bond acceptors (Lipinski definition) is 4. The molecular weight excluding hydrogens is 206 g/mol. The summed E-state index contributed by atoms with van der Waals surface area (Å²) in [5.74, 6) is 0.0431. The maximum Gasteiger partial charge on any atom is 0.216 e. The van der Waals surface area contributed by atoms with E-state index in [2.05, 4.69) is 15.1 Å². The monoisotopic (exact) mass is 229 g/mol. The van der Waals surface area contributed by atoms with Gasteiger partial charge in [0.15, 0.2) is 0 Å². The van der Waals surface area contributed by atoms with Crippen molar-refractivity contribution in [2.75, 3.05) is 52.4 Å². The molecule has 0 aromatic rings. The lowest BCUT2D eigenvalue weighted by atomic mass is 10.3. The lowest BCUT2D eigenvalue weighted by Crippen LogP contribution is -2.48. The number of carbonyl (C=O) groups is 1. The zero-order valence-corrected chi connectivity index (χ0v) is 10.1. The number of aliphatic hydroxyl groups excluding tert-OH is 1. The molecule has 0 saturated carbocycles. The molecule has 0 radical (unpaired) electrons. The molecule has 0 aromatic heterocycles. The minimum Gasteiger partial charge on any atom is -0.396 e. The fraction of sp³-hybridized carbons (Fsp3) is 0.909. The van der Waals surface area contributed by atoms with Gasteiger partial charge in [-0.1, -0.05) is 0 Å². The molecule has 1 amide bonds. The highest BCUT2D eigenvalue weighted by atomic mass is 16.3. The lowest BCUT2D eigenvalue weighted by Gasteiger charge is -2.34. The fourth-order valence-electron chi connectivity index (χ4n) is 1.92. The van der Waals surface area contributed by atoms with Crippen molar-refractivity contribution in [1.29, 1.82) is 0 Å². The fourth-order valence-corrected chi connectivity index (χ4v) is 1.92. The van der Waals surface area contributed by atoms with Crippen LogP contribution < -0.4 is 5.32 Å². The van der Waals surface area contributed by atoms with Crippen LogP contribution in [0.3, 0.4) is 0 Å². The van der Waals surface area contributed by atoms with Gasteiger partial charge in [-0.25, -0.2) is 0 Å². The van der Waals surface area contributed by atoms with Gasteiger partial charge in [0, 0.05) is 59.3 Å². The van der Waals surface area contributed by atoms with Crippen LogP contribution in [0.5, 0.6) is 0 Å². The molecule has 5 heteroatoms. The number of carbonyl (C=O) groups excluding carboxylic acids is 1. The van der Waals surface area contributed by atoms with Crippen molar-refractivity contribution in [3.8, 4) is 0 Å². The van der Waals surface area contributed by atoms with Crippen LogP contribution in [0.25, 0.3) is 0 Å². The van der Waals surface area contributed by atoms with E-state index in [0.29, 0.717) is 0 Å². The molecule has 1 heterocycles. The Kier molecular flexibility index (Phi) is 6.37. The first-order valence-electron chi connectivity index (χ1n) is 6.02. The first-order chi connectivity index (χ1) is 7.72. The average molecular weight is 229 g/mol. The second-order valence-corrected chi connectivity index (χ2v) is 4.24. The molecule has 1 aliphatic rings. The first-order valence-corrected chi connectivity index (χ1v) is 6.02. The van der Waals surface area contributed by atoms with Crippen LogP contribution in [0.4, 0.5) is 0 Å². The maximum absolute atomic E-state index is 10.7. The Morgan fingerprint density at radius 3 is 2.25 bits per heavy atom. The van der Waals surface area contributed by atoms with E-state index in [1.165, 1.54) is 0 Å². The zero-order valence-electron chi connectivity index (χ0n) is 10.1. The third kappa shape index (κ3) is 5.44. The number of nitrogens with one attached hydrogen (secondary N) is 1. The maximum atomic E-state index is 10.7. The Labute approximate surface area is 97.4 Å². The van der Waals surface area contributed by atoms with E-state index in [0.717, 1.165) is 52.2 Å². The summed E-state index contributed by atoms with van der Waals surface area (Å²) in [6.45, 7) is 8.77. The topological polar surface area (TPSA) is 55.8 Å². The van der Waals surface area contributed by atoms with Crippen LogP contribution in [0.15, 0.2) is 0 Å². The van der Waals surface area contributed by atoms with Crippen LogP contribution in [-0.2, 0) is 4.79 Å². The second kappa shape index (κ2) is 7.60. The molecule has 0 spiro atoms. The quantitative estimate of drug-likeness (QED) is 0.621. The third-order valence-electron chi connectivity index (χ3n) is 2.90. The Balaban J connectivity index is 2.05. The predicted octanol–water partition coefficient (Wildman–Crippen LogP) is -0.877. The second-order valence-electron chi connectivity index (χ2n) is 4.24. The first kappa shape index (κ1) is 13.4. The van der Waals surface area contributed by atoms with E-state index >= 15 is 0 Å². The molecule has 1 saturated heterocycles. The summed E-state index contributed by atoms with van der Waals surface area (Å²) in [5, 5.41) is 11.6. The summed E-state index contributed by atoms with van der Waals surface area (Å²) in [5.41, 5.74) is 0. The molecule has 0 atom stereocenters. The summed E-state index contributed by atoms with van der Waals surface area (Å²) in [4.78, 5) is 15.4. The molecule has 0 aromatic carbocycles. The van der Waals surface area contributed by atoms with Gasteiger partial charge >= 0.3 is 0 Å². The van der Waals surface area contributed by atoms with Gasteiger partial charge in [0.25, 0.3) is 0 Å². The Morgan fingerprint density at radius 2 is 1.75 bits per heavy atom. The lowest BCUT2D eigenvalue weighted by molar-refractivity contribution is -0.119. The highest BCUT2D eigenvalue weighted by Gasteiger charge is 2.15. The standard InChI is InChI=1S/C11H23N3O2/c1-11(16)12-3-5-14-8-6-13(7-9-14)4-2-10-15/h15H,2-10H2,1H3,(H,12,16). The molecule has 94 valence electrons. The van der Waals surface area contributed by atoms with Gasteiger partial charge in [-0.2, -0.15) is 0 Å². The summed E-state index contributed by atoms with van der Waals surface area (Å²) < 4.78 is 0. The van der Waals surface area contributed by atoms with Crippen molar-refractivity contribution in [2.24, 2.45) is 0 Å². The van der Waals surface area contributed by atoms with Gasteiger partial charge in [-0.3, -0.25) is 9.69 Å². The van der Waals surface area contributed by atoms with Gasteiger partial charge in [0.1, 0.15) is 0 Å². The molecule has 0 unspecified atom stereocenters. The van der Waals surface area contributed by atoms with Crippen molar-refractivity contribution < 1.29 is 9.90 Å². The Hall–Kier alpha value is -0.650. The SMILES string of the molecule is CC(=O)NCCN1CCN(CCCO)CC1. The Morgan fingerprint density at radius 1 is 1.19 bits per heavy atom. The number of piperazine rings is 1. The van der Waals surface area contributed by atoms with E-state index in [-0.39, 0.29) is 12.5 Å². The number of nitrogens with zero attached hydrogens (tertiary/aromatic N) is 2. The van der Waals surface area contributed by atoms with E-state index in [9.17, 15) is 4.79 Å². The molecule has 5 nitrogen and oxygen atoms in total. The summed E-state index contributed by atoms with van der Waals surface area (Å²) in [6.07, 6.45) is 0.867. The van der Waals surface area contributed by atoms with Crippen molar-refractivity contribution in [3.63, 3.8) is 0 Å². The van der Waals surface area contributed by atoms with E-state index in [1.54, 1.807) is 6.92 Å². The normalized spacial score (nSPS) is 18.6. The Bertz CT molecular complexity index is 203. The summed E-state index contributed by atoms with van der Waals surface area (Å²) in [6, 6.07) is 0. The minimum absolute atomic E-state index is 0.0431. The number of rotatable bonds is 6. The van der Waals surface area contributed by atoms with Crippen molar-refractivity contribution in [3.05, 3.63) is 0 Å². The highest BCUT2D eigenvalue weighted by molar-refractivity contribution is 5.72. The molecule has 1 fully saturated rings. The molecular formula is C11H23N3O2. The molecule has 0 bridgehead atoms. The third-order valence-corrected chi connectivity index (χ3v) is 2.90. The van der Waals surface area contributed by atoms with E-state index in [1.807, 2.05) is 0 Å². The summed E-state index contributed by atoms with van der Waals surface area (Å²) >= 11 is 0. The molecule has 1 rings (SSSR count). The van der Waals surface area contributed by atoms with E-state index < -0.39 is 0 Å². The zero-order chi connectivity index (χ0) is 11.8. The van der Waals surface area contributed by atoms with Gasteiger partial charge in [0.05, 0.1) is 0 Å². The molecule has 0 aliphatic carbocycles.